The highest BCUT2D eigenvalue weighted by molar-refractivity contribution is 5.07. The van der Waals surface area contributed by atoms with E-state index in [4.69, 9.17) is 9.84 Å². The zero-order valence-electron chi connectivity index (χ0n) is 14.2. The molecule has 1 aromatic rings. The molecule has 3 atom stereocenters. The number of hydrogen-bond acceptors (Lipinski definition) is 3. The summed E-state index contributed by atoms with van der Waals surface area (Å²) in [5.41, 5.74) is 1.37. The Morgan fingerprint density at radius 2 is 2.24 bits per heavy atom. The second kappa shape index (κ2) is 6.93. The molecular formula is C17H31N3O. The lowest BCUT2D eigenvalue weighted by Crippen LogP contribution is -2.43. The van der Waals surface area contributed by atoms with Gasteiger partial charge in [0.2, 0.25) is 0 Å². The van der Waals surface area contributed by atoms with Gasteiger partial charge in [-0.15, -0.1) is 0 Å². The van der Waals surface area contributed by atoms with E-state index in [9.17, 15) is 0 Å². The molecule has 1 aromatic heterocycles. The van der Waals surface area contributed by atoms with Crippen molar-refractivity contribution in [3.05, 3.63) is 18.0 Å². The number of hydrogen-bond donors (Lipinski definition) is 1. The summed E-state index contributed by atoms with van der Waals surface area (Å²) in [5, 5.41) is 8.39. The first kappa shape index (κ1) is 16.5. The molecule has 3 unspecified atom stereocenters. The second-order valence-electron chi connectivity index (χ2n) is 6.88. The van der Waals surface area contributed by atoms with Crippen LogP contribution >= 0.6 is 0 Å². The third-order valence-electron chi connectivity index (χ3n) is 4.93. The third-order valence-corrected chi connectivity index (χ3v) is 4.93. The van der Waals surface area contributed by atoms with Gasteiger partial charge in [-0.1, -0.05) is 20.8 Å². The molecule has 1 N–H and O–H groups in total. The van der Waals surface area contributed by atoms with Gasteiger partial charge in [-0.25, -0.2) is 0 Å². The summed E-state index contributed by atoms with van der Waals surface area (Å²) in [5.74, 6) is 0. The van der Waals surface area contributed by atoms with Crippen molar-refractivity contribution in [2.75, 3.05) is 13.2 Å². The van der Waals surface area contributed by atoms with Crippen LogP contribution in [0.3, 0.4) is 0 Å². The van der Waals surface area contributed by atoms with Gasteiger partial charge < -0.3 is 10.1 Å². The Morgan fingerprint density at radius 1 is 1.48 bits per heavy atom. The average Bonchev–Trinajstić information content (AvgIpc) is 3.04. The van der Waals surface area contributed by atoms with E-state index in [2.05, 4.69) is 56.9 Å². The monoisotopic (exact) mass is 293 g/mol. The molecular weight excluding hydrogens is 262 g/mol. The first-order valence-corrected chi connectivity index (χ1v) is 8.36. The molecule has 2 rings (SSSR count). The van der Waals surface area contributed by atoms with Gasteiger partial charge in [0.25, 0.3) is 0 Å². The normalized spacial score (nSPS) is 27.4. The van der Waals surface area contributed by atoms with Crippen molar-refractivity contribution in [2.24, 2.45) is 5.41 Å². The molecule has 4 heteroatoms. The Hall–Kier alpha value is -0.870. The maximum atomic E-state index is 5.87. The first-order chi connectivity index (χ1) is 9.97. The summed E-state index contributed by atoms with van der Waals surface area (Å²) >= 11 is 0. The molecule has 1 aliphatic heterocycles. The molecule has 2 heterocycles. The second-order valence-corrected chi connectivity index (χ2v) is 6.88. The van der Waals surface area contributed by atoms with Gasteiger partial charge in [0.15, 0.2) is 0 Å². The topological polar surface area (TPSA) is 39.1 Å². The van der Waals surface area contributed by atoms with Crippen LogP contribution in [0.4, 0.5) is 0 Å². The van der Waals surface area contributed by atoms with Crippen molar-refractivity contribution in [1.29, 1.82) is 0 Å². The summed E-state index contributed by atoms with van der Waals surface area (Å²) in [4.78, 5) is 0. The van der Waals surface area contributed by atoms with Crippen molar-refractivity contribution in [1.82, 2.24) is 15.1 Å². The van der Waals surface area contributed by atoms with E-state index in [1.807, 2.05) is 0 Å². The van der Waals surface area contributed by atoms with Crippen LogP contribution in [0.2, 0.25) is 0 Å². The van der Waals surface area contributed by atoms with Crippen LogP contribution < -0.4 is 5.32 Å². The molecule has 4 nitrogen and oxygen atoms in total. The molecule has 0 aromatic carbocycles. The van der Waals surface area contributed by atoms with Crippen molar-refractivity contribution in [3.63, 3.8) is 0 Å². The molecule has 1 saturated heterocycles. The van der Waals surface area contributed by atoms with E-state index in [1.165, 1.54) is 5.69 Å². The van der Waals surface area contributed by atoms with Crippen LogP contribution in [-0.2, 0) is 11.2 Å². The van der Waals surface area contributed by atoms with Gasteiger partial charge in [0.05, 0.1) is 11.8 Å². The molecule has 1 aliphatic rings. The van der Waals surface area contributed by atoms with Crippen LogP contribution in [-0.4, -0.2) is 35.1 Å². The Morgan fingerprint density at radius 3 is 2.81 bits per heavy atom. The van der Waals surface area contributed by atoms with Gasteiger partial charge in [-0.05, 0) is 32.8 Å². The minimum atomic E-state index is 0.179. The summed E-state index contributed by atoms with van der Waals surface area (Å²) in [6.07, 6.45) is 5.63. The molecule has 1 fully saturated rings. The highest BCUT2D eigenvalue weighted by Crippen LogP contribution is 2.37. The van der Waals surface area contributed by atoms with E-state index in [-0.39, 0.29) is 11.5 Å². The number of rotatable bonds is 7. The Balaban J connectivity index is 2.10. The van der Waals surface area contributed by atoms with E-state index >= 15 is 0 Å². The fourth-order valence-corrected chi connectivity index (χ4v) is 3.02. The molecule has 0 bridgehead atoms. The van der Waals surface area contributed by atoms with Crippen LogP contribution in [0.1, 0.15) is 59.2 Å². The van der Waals surface area contributed by atoms with Gasteiger partial charge in [-0.3, -0.25) is 4.68 Å². The molecule has 21 heavy (non-hydrogen) atoms. The fourth-order valence-electron chi connectivity index (χ4n) is 3.02. The highest BCUT2D eigenvalue weighted by atomic mass is 16.5. The minimum Gasteiger partial charge on any atom is -0.378 e. The predicted molar refractivity (Wildman–Crippen MR) is 86.5 cm³/mol. The zero-order valence-corrected chi connectivity index (χ0v) is 14.2. The van der Waals surface area contributed by atoms with Crippen molar-refractivity contribution in [3.8, 4) is 0 Å². The fraction of sp³-hybridized carbons (Fsp3) is 0.824. The minimum absolute atomic E-state index is 0.179. The lowest BCUT2D eigenvalue weighted by Gasteiger charge is -2.33. The molecule has 120 valence electrons. The van der Waals surface area contributed by atoms with Gasteiger partial charge in [0.1, 0.15) is 0 Å². The lowest BCUT2D eigenvalue weighted by atomic mass is 9.77. The van der Waals surface area contributed by atoms with Crippen molar-refractivity contribution >= 4 is 0 Å². The van der Waals surface area contributed by atoms with Crippen LogP contribution in [0.25, 0.3) is 0 Å². The van der Waals surface area contributed by atoms with Crippen LogP contribution in [0, 0.1) is 5.41 Å². The summed E-state index contributed by atoms with van der Waals surface area (Å²) in [6, 6.07) is 3.15. The molecule has 0 saturated carbocycles. The van der Waals surface area contributed by atoms with Crippen LogP contribution in [0.15, 0.2) is 12.3 Å². The van der Waals surface area contributed by atoms with Gasteiger partial charge in [-0.2, -0.15) is 5.10 Å². The quantitative estimate of drug-likeness (QED) is 0.839. The Labute approximate surface area is 129 Å². The maximum Gasteiger partial charge on any atom is 0.0631 e. The van der Waals surface area contributed by atoms with Gasteiger partial charge in [0, 0.05) is 43.3 Å². The van der Waals surface area contributed by atoms with Crippen LogP contribution in [0.5, 0.6) is 0 Å². The summed E-state index contributed by atoms with van der Waals surface area (Å²) < 4.78 is 7.97. The number of nitrogens with one attached hydrogen (secondary N) is 1. The molecule has 0 radical (unpaired) electrons. The number of nitrogens with zero attached hydrogens (tertiary/aromatic N) is 2. The molecule has 0 spiro atoms. The van der Waals surface area contributed by atoms with Crippen molar-refractivity contribution < 1.29 is 4.74 Å². The highest BCUT2D eigenvalue weighted by Gasteiger charge is 2.41. The van der Waals surface area contributed by atoms with E-state index in [0.29, 0.717) is 12.1 Å². The third kappa shape index (κ3) is 3.86. The average molecular weight is 293 g/mol. The predicted octanol–water partition coefficient (Wildman–Crippen LogP) is 3.19. The summed E-state index contributed by atoms with van der Waals surface area (Å²) in [6.45, 7) is 12.9. The summed E-state index contributed by atoms with van der Waals surface area (Å²) in [7, 11) is 0. The van der Waals surface area contributed by atoms with E-state index in [1.54, 1.807) is 0 Å². The number of ether oxygens (including phenoxy) is 1. The van der Waals surface area contributed by atoms with E-state index in [0.717, 1.165) is 32.4 Å². The zero-order chi connectivity index (χ0) is 15.5. The smallest absolute Gasteiger partial charge is 0.0631 e. The molecule has 0 aliphatic carbocycles. The standard InChI is InChI=1S/C17H31N3O/c1-6-14(4)20-9-7-16(19-20)11-17(12-18-13(2)3)8-10-21-15(17)5/h7,9,13-15,18H,6,8,10-12H2,1-5H3. The Kier molecular flexibility index (Phi) is 5.44. The largest absolute Gasteiger partial charge is 0.378 e. The number of aromatic nitrogens is 2. The van der Waals surface area contributed by atoms with Gasteiger partial charge >= 0.3 is 0 Å². The van der Waals surface area contributed by atoms with E-state index < -0.39 is 0 Å². The first-order valence-electron chi connectivity index (χ1n) is 8.36. The lowest BCUT2D eigenvalue weighted by molar-refractivity contribution is 0.0615. The maximum absolute atomic E-state index is 5.87. The Bertz CT molecular complexity index is 443. The van der Waals surface area contributed by atoms with Crippen molar-refractivity contribution in [2.45, 2.75) is 72.1 Å². The SMILES string of the molecule is CCC(C)n1ccc(CC2(CNC(C)C)CCOC2C)n1. The molecule has 0 amide bonds.